The number of nitriles is 1. The highest BCUT2D eigenvalue weighted by Gasteiger charge is 2.08. The summed E-state index contributed by atoms with van der Waals surface area (Å²) in [6.07, 6.45) is 0.240. The van der Waals surface area contributed by atoms with Gasteiger partial charge in [0.25, 0.3) is 0 Å². The maximum atomic E-state index is 8.30. The summed E-state index contributed by atoms with van der Waals surface area (Å²) in [5.74, 6) is 0.552. The molecule has 3 nitrogen and oxygen atoms in total. The minimum absolute atomic E-state index is 0. The second kappa shape index (κ2) is 5.04. The maximum absolute atomic E-state index is 8.30. The predicted octanol–water partition coefficient (Wildman–Crippen LogP) is 2.27. The Morgan fingerprint density at radius 2 is 2.33 bits per heavy atom. The number of hydrogen-bond acceptors (Lipinski definition) is 3. The van der Waals surface area contributed by atoms with E-state index in [0.29, 0.717) is 11.0 Å². The van der Waals surface area contributed by atoms with Crippen molar-refractivity contribution in [3.63, 3.8) is 0 Å². The van der Waals surface area contributed by atoms with Crippen LogP contribution in [0.25, 0.3) is 0 Å². The second-order valence-corrected chi connectivity index (χ2v) is 2.48. The van der Waals surface area contributed by atoms with Crippen LogP contribution in [0.4, 0.5) is 0 Å². The number of hydrogen-bond donors (Lipinski definition) is 1. The van der Waals surface area contributed by atoms with Gasteiger partial charge in [0.05, 0.1) is 18.5 Å². The van der Waals surface area contributed by atoms with E-state index in [-0.39, 0.29) is 24.9 Å². The molecule has 0 aliphatic carbocycles. The van der Waals surface area contributed by atoms with Crippen molar-refractivity contribution in [3.8, 4) is 6.07 Å². The van der Waals surface area contributed by atoms with E-state index in [1.54, 1.807) is 12.1 Å². The van der Waals surface area contributed by atoms with Gasteiger partial charge >= 0.3 is 0 Å². The third-order valence-electron chi connectivity index (χ3n) is 1.27. The normalized spacial score (nSPS) is 11.4. The fraction of sp³-hybridized carbons (Fsp3) is 0.286. The lowest BCUT2D eigenvalue weighted by Gasteiger charge is -2.00. The van der Waals surface area contributed by atoms with Crippen LogP contribution in [0.2, 0.25) is 5.22 Å². The molecule has 12 heavy (non-hydrogen) atoms. The first kappa shape index (κ1) is 11.3. The second-order valence-electron chi connectivity index (χ2n) is 2.11. The van der Waals surface area contributed by atoms with Crippen LogP contribution in [0.1, 0.15) is 18.2 Å². The lowest BCUT2D eigenvalue weighted by atomic mass is 10.2. The van der Waals surface area contributed by atoms with Crippen LogP contribution in [0.3, 0.4) is 0 Å². The molecule has 0 spiro atoms. The molecular weight excluding hydrogens is 199 g/mol. The molecule has 1 heterocycles. The Bertz CT molecular complexity index is 279. The quantitative estimate of drug-likeness (QED) is 0.808. The van der Waals surface area contributed by atoms with E-state index in [0.717, 1.165) is 0 Å². The van der Waals surface area contributed by atoms with Crippen molar-refractivity contribution >= 4 is 24.0 Å². The van der Waals surface area contributed by atoms with Gasteiger partial charge in [0.1, 0.15) is 5.76 Å². The summed E-state index contributed by atoms with van der Waals surface area (Å²) in [7, 11) is 0. The van der Waals surface area contributed by atoms with Crippen molar-refractivity contribution in [1.82, 2.24) is 0 Å². The third-order valence-corrected chi connectivity index (χ3v) is 1.47. The lowest BCUT2D eigenvalue weighted by Crippen LogP contribution is -2.07. The largest absolute Gasteiger partial charge is 0.448 e. The van der Waals surface area contributed by atoms with Crippen LogP contribution < -0.4 is 5.73 Å². The van der Waals surface area contributed by atoms with Gasteiger partial charge in [0.15, 0.2) is 5.22 Å². The van der Waals surface area contributed by atoms with Crippen LogP contribution in [-0.2, 0) is 0 Å². The highest BCUT2D eigenvalue weighted by molar-refractivity contribution is 6.28. The Hall–Kier alpha value is -0.690. The summed E-state index contributed by atoms with van der Waals surface area (Å²) in [5.41, 5.74) is 5.54. The zero-order valence-electron chi connectivity index (χ0n) is 6.16. The summed E-state index contributed by atoms with van der Waals surface area (Å²) in [6, 6.07) is 4.86. The smallest absolute Gasteiger partial charge is 0.193 e. The summed E-state index contributed by atoms with van der Waals surface area (Å²) in [5, 5.41) is 8.60. The maximum Gasteiger partial charge on any atom is 0.193 e. The molecule has 1 atom stereocenters. The fourth-order valence-electron chi connectivity index (χ4n) is 0.727. The molecular formula is C7H8Cl2N2O. The van der Waals surface area contributed by atoms with E-state index in [1.807, 2.05) is 6.07 Å². The molecule has 0 amide bonds. The monoisotopic (exact) mass is 206 g/mol. The molecule has 0 radical (unpaired) electrons. The van der Waals surface area contributed by atoms with Gasteiger partial charge in [0, 0.05) is 0 Å². The summed E-state index contributed by atoms with van der Waals surface area (Å²) >= 11 is 5.50. The highest BCUT2D eigenvalue weighted by Crippen LogP contribution is 2.19. The molecule has 0 saturated carbocycles. The Kier molecular flexibility index (Phi) is 4.75. The molecule has 0 unspecified atom stereocenters. The van der Waals surface area contributed by atoms with E-state index in [2.05, 4.69) is 0 Å². The fourth-order valence-corrected chi connectivity index (χ4v) is 0.879. The average molecular weight is 207 g/mol. The Morgan fingerprint density at radius 3 is 2.75 bits per heavy atom. The molecule has 5 heteroatoms. The SMILES string of the molecule is Cl.N#CC[C@H](N)c1ccc(Cl)o1. The van der Waals surface area contributed by atoms with Gasteiger partial charge in [-0.2, -0.15) is 5.26 Å². The third kappa shape index (κ3) is 2.74. The Balaban J connectivity index is 0.00000121. The van der Waals surface area contributed by atoms with Gasteiger partial charge in [0.2, 0.25) is 0 Å². The van der Waals surface area contributed by atoms with Crippen LogP contribution in [0.5, 0.6) is 0 Å². The minimum atomic E-state index is -0.368. The number of furan rings is 1. The average Bonchev–Trinajstić information content (AvgIpc) is 2.36. The van der Waals surface area contributed by atoms with E-state index in [4.69, 9.17) is 27.0 Å². The zero-order valence-corrected chi connectivity index (χ0v) is 7.73. The van der Waals surface area contributed by atoms with Gasteiger partial charge in [-0.15, -0.1) is 12.4 Å². The molecule has 0 saturated heterocycles. The molecule has 1 aromatic heterocycles. The summed E-state index contributed by atoms with van der Waals surface area (Å²) < 4.78 is 4.99. The van der Waals surface area contributed by atoms with Gasteiger partial charge < -0.3 is 10.2 Å². The van der Waals surface area contributed by atoms with Crippen molar-refractivity contribution in [1.29, 1.82) is 5.26 Å². The van der Waals surface area contributed by atoms with Gasteiger partial charge in [-0.05, 0) is 23.7 Å². The first-order chi connectivity index (χ1) is 5.24. The van der Waals surface area contributed by atoms with Crippen molar-refractivity contribution in [2.75, 3.05) is 0 Å². The van der Waals surface area contributed by atoms with Crippen LogP contribution in [0, 0.1) is 11.3 Å². The number of halogens is 2. The molecule has 0 fully saturated rings. The Morgan fingerprint density at radius 1 is 1.67 bits per heavy atom. The first-order valence-corrected chi connectivity index (χ1v) is 3.49. The highest BCUT2D eigenvalue weighted by atomic mass is 35.5. The topological polar surface area (TPSA) is 63.0 Å². The van der Waals surface area contributed by atoms with Crippen molar-refractivity contribution in [3.05, 3.63) is 23.1 Å². The van der Waals surface area contributed by atoms with Crippen LogP contribution >= 0.6 is 24.0 Å². The van der Waals surface area contributed by atoms with Crippen molar-refractivity contribution in [2.24, 2.45) is 5.73 Å². The molecule has 0 aliphatic heterocycles. The number of nitrogens with zero attached hydrogens (tertiary/aromatic N) is 1. The predicted molar refractivity (Wildman–Crippen MR) is 48.1 cm³/mol. The van der Waals surface area contributed by atoms with E-state index >= 15 is 0 Å². The Labute approximate surface area is 81.5 Å². The number of rotatable bonds is 2. The standard InChI is InChI=1S/C7H7ClN2O.ClH/c8-7-2-1-6(11-7)5(10)3-4-9;/h1-2,5H,3,10H2;1H/t5-;/m0./s1. The van der Waals surface area contributed by atoms with Crippen LogP contribution in [-0.4, -0.2) is 0 Å². The van der Waals surface area contributed by atoms with Crippen LogP contribution in [0.15, 0.2) is 16.5 Å². The molecule has 1 rings (SSSR count). The molecule has 0 aromatic carbocycles. The lowest BCUT2D eigenvalue weighted by molar-refractivity contribution is 0.470. The molecule has 66 valence electrons. The molecule has 2 N–H and O–H groups in total. The van der Waals surface area contributed by atoms with Gasteiger partial charge in [-0.25, -0.2) is 0 Å². The number of nitrogens with two attached hydrogens (primary N) is 1. The molecule has 0 aliphatic rings. The molecule has 1 aromatic rings. The summed E-state index contributed by atoms with van der Waals surface area (Å²) in [4.78, 5) is 0. The van der Waals surface area contributed by atoms with Gasteiger partial charge in [-0.1, -0.05) is 0 Å². The zero-order chi connectivity index (χ0) is 8.27. The minimum Gasteiger partial charge on any atom is -0.448 e. The van der Waals surface area contributed by atoms with E-state index < -0.39 is 0 Å². The van der Waals surface area contributed by atoms with Crippen molar-refractivity contribution in [2.45, 2.75) is 12.5 Å². The molecule has 0 bridgehead atoms. The summed E-state index contributed by atoms with van der Waals surface area (Å²) in [6.45, 7) is 0. The first-order valence-electron chi connectivity index (χ1n) is 3.12. The van der Waals surface area contributed by atoms with Gasteiger partial charge in [-0.3, -0.25) is 0 Å². The van der Waals surface area contributed by atoms with Crippen molar-refractivity contribution < 1.29 is 4.42 Å². The van der Waals surface area contributed by atoms with E-state index in [1.165, 1.54) is 0 Å². The van der Waals surface area contributed by atoms with E-state index in [9.17, 15) is 0 Å².